The number of nitrogens with two attached hydrogens (primary N) is 1. The maximum Gasteiger partial charge on any atom is 0.0431 e. The standard InChI is InChI=1S/C13H29NO/c1-13(2,14)11-9-7-5-3-4-6-8-10-12-15/h15H,3-12,14H2,1-2H3. The molecule has 15 heavy (non-hydrogen) atoms. The monoisotopic (exact) mass is 215 g/mol. The van der Waals surface area contributed by atoms with E-state index >= 15 is 0 Å². The topological polar surface area (TPSA) is 46.2 Å². The summed E-state index contributed by atoms with van der Waals surface area (Å²) < 4.78 is 0. The molecule has 0 amide bonds. The summed E-state index contributed by atoms with van der Waals surface area (Å²) in [6, 6.07) is 0. The average Bonchev–Trinajstić information content (AvgIpc) is 2.14. The molecule has 3 N–H and O–H groups in total. The van der Waals surface area contributed by atoms with Crippen LogP contribution in [0.15, 0.2) is 0 Å². The van der Waals surface area contributed by atoms with E-state index in [2.05, 4.69) is 13.8 Å². The van der Waals surface area contributed by atoms with Crippen LogP contribution >= 0.6 is 0 Å². The van der Waals surface area contributed by atoms with Crippen molar-refractivity contribution in [3.05, 3.63) is 0 Å². The lowest BCUT2D eigenvalue weighted by atomic mass is 9.97. The molecule has 92 valence electrons. The van der Waals surface area contributed by atoms with Gasteiger partial charge in [-0.2, -0.15) is 0 Å². The molecule has 0 atom stereocenters. The third-order valence-electron chi connectivity index (χ3n) is 2.73. The molecule has 0 aliphatic carbocycles. The fraction of sp³-hybridized carbons (Fsp3) is 1.00. The van der Waals surface area contributed by atoms with Crippen molar-refractivity contribution in [2.75, 3.05) is 6.61 Å². The smallest absolute Gasteiger partial charge is 0.0431 e. The van der Waals surface area contributed by atoms with Crippen LogP contribution in [0.1, 0.15) is 71.6 Å². The Balaban J connectivity index is 2.99. The Hall–Kier alpha value is -0.0800. The van der Waals surface area contributed by atoms with E-state index < -0.39 is 0 Å². The molecule has 0 aromatic rings. The van der Waals surface area contributed by atoms with Gasteiger partial charge in [-0.3, -0.25) is 0 Å². The van der Waals surface area contributed by atoms with Crippen molar-refractivity contribution in [2.45, 2.75) is 77.2 Å². The van der Waals surface area contributed by atoms with Gasteiger partial charge in [0.25, 0.3) is 0 Å². The lowest BCUT2D eigenvalue weighted by molar-refractivity contribution is 0.282. The molecule has 0 heterocycles. The third kappa shape index (κ3) is 13.9. The van der Waals surface area contributed by atoms with E-state index in [1.54, 1.807) is 0 Å². The van der Waals surface area contributed by atoms with Crippen LogP contribution in [-0.2, 0) is 0 Å². The van der Waals surface area contributed by atoms with Crippen molar-refractivity contribution < 1.29 is 5.11 Å². The van der Waals surface area contributed by atoms with E-state index in [1.807, 2.05) is 0 Å². The molecule has 0 radical (unpaired) electrons. The molecular weight excluding hydrogens is 186 g/mol. The first-order chi connectivity index (χ1) is 7.06. The minimum atomic E-state index is 0.0150. The lowest BCUT2D eigenvalue weighted by Crippen LogP contribution is -2.31. The van der Waals surface area contributed by atoms with Crippen LogP contribution in [0.25, 0.3) is 0 Å². The second-order valence-corrected chi connectivity index (χ2v) is 5.29. The highest BCUT2D eigenvalue weighted by Gasteiger charge is 2.08. The van der Waals surface area contributed by atoms with E-state index in [9.17, 15) is 0 Å². The average molecular weight is 215 g/mol. The largest absolute Gasteiger partial charge is 0.396 e. The van der Waals surface area contributed by atoms with Crippen LogP contribution in [-0.4, -0.2) is 17.3 Å². The predicted molar refractivity (Wildman–Crippen MR) is 66.9 cm³/mol. The number of hydrogen-bond donors (Lipinski definition) is 2. The normalized spacial score (nSPS) is 12.0. The van der Waals surface area contributed by atoms with Crippen LogP contribution in [0.5, 0.6) is 0 Å². The van der Waals surface area contributed by atoms with Gasteiger partial charge in [-0.25, -0.2) is 0 Å². The van der Waals surface area contributed by atoms with E-state index in [-0.39, 0.29) is 5.54 Å². The van der Waals surface area contributed by atoms with Gasteiger partial charge in [0.05, 0.1) is 0 Å². The van der Waals surface area contributed by atoms with Crippen molar-refractivity contribution in [1.29, 1.82) is 0 Å². The zero-order valence-corrected chi connectivity index (χ0v) is 10.6. The van der Waals surface area contributed by atoms with Gasteiger partial charge < -0.3 is 10.8 Å². The van der Waals surface area contributed by atoms with Crippen molar-refractivity contribution in [2.24, 2.45) is 5.73 Å². The van der Waals surface area contributed by atoms with Gasteiger partial charge in [0.2, 0.25) is 0 Å². The van der Waals surface area contributed by atoms with Gasteiger partial charge in [0, 0.05) is 12.1 Å². The van der Waals surface area contributed by atoms with Crippen LogP contribution in [0, 0.1) is 0 Å². The van der Waals surface area contributed by atoms with Crippen LogP contribution < -0.4 is 5.73 Å². The number of unbranched alkanes of at least 4 members (excludes halogenated alkanes) is 7. The van der Waals surface area contributed by atoms with E-state index in [0.29, 0.717) is 6.61 Å². The molecule has 0 saturated carbocycles. The molecule has 0 unspecified atom stereocenters. The molecule has 0 saturated heterocycles. The van der Waals surface area contributed by atoms with Crippen LogP contribution in [0.2, 0.25) is 0 Å². The zero-order chi connectivity index (χ0) is 11.6. The van der Waals surface area contributed by atoms with Gasteiger partial charge in [-0.15, -0.1) is 0 Å². The van der Waals surface area contributed by atoms with Crippen molar-refractivity contribution >= 4 is 0 Å². The van der Waals surface area contributed by atoms with Crippen molar-refractivity contribution in [3.63, 3.8) is 0 Å². The van der Waals surface area contributed by atoms with E-state index in [4.69, 9.17) is 10.8 Å². The Morgan fingerprint density at radius 2 is 1.20 bits per heavy atom. The lowest BCUT2D eigenvalue weighted by Gasteiger charge is -2.17. The van der Waals surface area contributed by atoms with Crippen LogP contribution in [0.3, 0.4) is 0 Å². The first-order valence-electron chi connectivity index (χ1n) is 6.46. The van der Waals surface area contributed by atoms with Crippen molar-refractivity contribution in [1.82, 2.24) is 0 Å². The molecule has 0 fully saturated rings. The maximum atomic E-state index is 8.60. The minimum absolute atomic E-state index is 0.0150. The van der Waals surface area contributed by atoms with Gasteiger partial charge in [-0.1, -0.05) is 44.9 Å². The molecular formula is C13H29NO. The summed E-state index contributed by atoms with van der Waals surface area (Å²) in [5.74, 6) is 0. The summed E-state index contributed by atoms with van der Waals surface area (Å²) in [5.41, 5.74) is 5.92. The SMILES string of the molecule is CC(C)(N)CCCCCCCCCCO. The van der Waals surface area contributed by atoms with E-state index in [0.717, 1.165) is 12.8 Å². The molecule has 0 rings (SSSR count). The first kappa shape index (κ1) is 14.9. The summed E-state index contributed by atoms with van der Waals surface area (Å²) in [7, 11) is 0. The maximum absolute atomic E-state index is 8.60. The summed E-state index contributed by atoms with van der Waals surface area (Å²) in [4.78, 5) is 0. The van der Waals surface area contributed by atoms with Crippen molar-refractivity contribution in [3.8, 4) is 0 Å². The molecule has 0 aliphatic rings. The minimum Gasteiger partial charge on any atom is -0.396 e. The Morgan fingerprint density at radius 1 is 0.800 bits per heavy atom. The number of hydrogen-bond acceptors (Lipinski definition) is 2. The number of aliphatic hydroxyl groups excluding tert-OH is 1. The van der Waals surface area contributed by atoms with Gasteiger partial charge in [-0.05, 0) is 26.7 Å². The fourth-order valence-electron chi connectivity index (χ4n) is 1.75. The van der Waals surface area contributed by atoms with Gasteiger partial charge in [0.1, 0.15) is 0 Å². The molecule has 0 spiro atoms. The Morgan fingerprint density at radius 3 is 1.60 bits per heavy atom. The van der Waals surface area contributed by atoms with Gasteiger partial charge >= 0.3 is 0 Å². The predicted octanol–water partition coefficient (Wildman–Crippen LogP) is 3.23. The Labute approximate surface area is 95.3 Å². The molecule has 0 aliphatic heterocycles. The molecule has 0 bridgehead atoms. The number of rotatable bonds is 10. The summed E-state index contributed by atoms with van der Waals surface area (Å²) >= 11 is 0. The Bertz CT molecular complexity index is 129. The second-order valence-electron chi connectivity index (χ2n) is 5.29. The van der Waals surface area contributed by atoms with E-state index in [1.165, 1.54) is 44.9 Å². The van der Waals surface area contributed by atoms with Crippen LogP contribution in [0.4, 0.5) is 0 Å². The summed E-state index contributed by atoms with van der Waals surface area (Å²) in [6.07, 6.45) is 11.2. The highest BCUT2D eigenvalue weighted by molar-refractivity contribution is 4.70. The molecule has 0 aromatic carbocycles. The summed E-state index contributed by atoms with van der Waals surface area (Å²) in [5, 5.41) is 8.60. The zero-order valence-electron chi connectivity index (χ0n) is 10.6. The quantitative estimate of drug-likeness (QED) is 0.550. The Kier molecular flexibility index (Phi) is 9.12. The molecule has 0 aromatic heterocycles. The fourth-order valence-corrected chi connectivity index (χ4v) is 1.75. The highest BCUT2D eigenvalue weighted by atomic mass is 16.2. The number of aliphatic hydroxyl groups is 1. The molecule has 2 nitrogen and oxygen atoms in total. The molecule has 2 heteroatoms. The third-order valence-corrected chi connectivity index (χ3v) is 2.73. The van der Waals surface area contributed by atoms with Gasteiger partial charge in [0.15, 0.2) is 0 Å². The second kappa shape index (κ2) is 9.17. The first-order valence-corrected chi connectivity index (χ1v) is 6.46. The highest BCUT2D eigenvalue weighted by Crippen LogP contribution is 2.13. The summed E-state index contributed by atoms with van der Waals surface area (Å²) in [6.45, 7) is 4.55.